The number of carbonyl (C=O) groups excluding carboxylic acids is 1. The third-order valence-electron chi connectivity index (χ3n) is 10.8. The highest BCUT2D eigenvalue weighted by atomic mass is 16.5. The predicted molar refractivity (Wildman–Crippen MR) is 209 cm³/mol. The van der Waals surface area contributed by atoms with Crippen molar-refractivity contribution < 1.29 is 29.6 Å². The first-order valence-corrected chi connectivity index (χ1v) is 18.9. The Hall–Kier alpha value is -5.69. The minimum atomic E-state index is -0.920. The van der Waals surface area contributed by atoms with Gasteiger partial charge >= 0.3 is 6.09 Å². The molecule has 2 bridgehead atoms. The molecule has 12 nitrogen and oxygen atoms in total. The number of aromatic amines is 1. The van der Waals surface area contributed by atoms with Crippen molar-refractivity contribution in [3.8, 4) is 11.5 Å². The van der Waals surface area contributed by atoms with Crippen molar-refractivity contribution in [2.75, 3.05) is 39.3 Å². The number of phenols is 1. The Morgan fingerprint density at radius 2 is 1.67 bits per heavy atom. The van der Waals surface area contributed by atoms with E-state index in [1.165, 1.54) is 12.1 Å². The zero-order chi connectivity index (χ0) is 38.3. The maximum absolute atomic E-state index is 13.0. The number of aliphatic hydroxyl groups excluding tert-OH is 1. The largest absolute Gasteiger partial charge is 0.506 e. The number of carboxylic acid groups (broad SMARTS) is 1. The number of hydrogen-bond acceptors (Lipinski definition) is 8. The molecule has 0 radical (unpaired) electrons. The fourth-order valence-electron chi connectivity index (χ4n) is 7.95. The first-order valence-electron chi connectivity index (χ1n) is 18.9. The molecule has 3 fully saturated rings. The molecule has 8 rings (SSSR count). The average Bonchev–Trinajstić information content (AvgIpc) is 3.21. The molecular weight excluding hydrogens is 699 g/mol. The molecule has 55 heavy (non-hydrogen) atoms. The van der Waals surface area contributed by atoms with E-state index in [0.29, 0.717) is 47.7 Å². The highest BCUT2D eigenvalue weighted by molar-refractivity contribution is 5.94. The summed E-state index contributed by atoms with van der Waals surface area (Å²) in [7, 11) is 0. The number of aliphatic hydroxyl groups is 1. The summed E-state index contributed by atoms with van der Waals surface area (Å²) in [6, 6.07) is 30.2. The molecule has 4 aromatic carbocycles. The van der Waals surface area contributed by atoms with Crippen LogP contribution >= 0.6 is 0 Å². The number of pyridine rings is 1. The summed E-state index contributed by atoms with van der Waals surface area (Å²) < 4.78 is 6.21. The van der Waals surface area contributed by atoms with Crippen molar-refractivity contribution in [3.63, 3.8) is 0 Å². The van der Waals surface area contributed by atoms with Gasteiger partial charge in [0.05, 0.1) is 23.7 Å². The average molecular weight is 746 g/mol. The summed E-state index contributed by atoms with van der Waals surface area (Å²) >= 11 is 0. The molecule has 3 aliphatic rings. The van der Waals surface area contributed by atoms with Gasteiger partial charge in [-0.2, -0.15) is 0 Å². The molecule has 3 aliphatic heterocycles. The summed E-state index contributed by atoms with van der Waals surface area (Å²) in [5, 5.41) is 38.1. The van der Waals surface area contributed by atoms with E-state index in [9.17, 15) is 29.7 Å². The minimum absolute atomic E-state index is 0.0595. The maximum Gasteiger partial charge on any atom is 0.408 e. The normalized spacial score (nSPS) is 18.7. The predicted octanol–water partition coefficient (Wildman–Crippen LogP) is 5.42. The Kier molecular flexibility index (Phi) is 11.8. The second-order valence-corrected chi connectivity index (χ2v) is 14.4. The van der Waals surface area contributed by atoms with Crippen LogP contribution < -0.4 is 20.9 Å². The van der Waals surface area contributed by atoms with Crippen LogP contribution in [-0.2, 0) is 6.61 Å². The van der Waals surface area contributed by atoms with Crippen LogP contribution in [0.25, 0.3) is 10.9 Å². The fourth-order valence-corrected chi connectivity index (χ4v) is 7.95. The molecule has 0 spiro atoms. The maximum atomic E-state index is 13.0. The number of aromatic nitrogens is 1. The first kappa shape index (κ1) is 37.6. The fraction of sp³-hybridized carbons (Fsp3) is 0.326. The van der Waals surface area contributed by atoms with E-state index < -0.39 is 18.2 Å². The van der Waals surface area contributed by atoms with Gasteiger partial charge in [-0.05, 0) is 103 Å². The van der Waals surface area contributed by atoms with Gasteiger partial charge in [-0.15, -0.1) is 0 Å². The number of nitrogens with one attached hydrogen (secondary N) is 3. The smallest absolute Gasteiger partial charge is 0.408 e. The van der Waals surface area contributed by atoms with Crippen LogP contribution in [0.1, 0.15) is 64.0 Å². The Morgan fingerprint density at radius 1 is 0.909 bits per heavy atom. The number of phenolic OH excluding ortho intramolecular Hbond substituents is 1. The van der Waals surface area contributed by atoms with Crippen molar-refractivity contribution in [1.82, 2.24) is 25.4 Å². The van der Waals surface area contributed by atoms with E-state index in [1.807, 2.05) is 66.7 Å². The zero-order valence-corrected chi connectivity index (χ0v) is 30.6. The van der Waals surface area contributed by atoms with Gasteiger partial charge < -0.3 is 40.6 Å². The molecule has 3 saturated heterocycles. The lowest BCUT2D eigenvalue weighted by Crippen LogP contribution is -2.59. The SMILES string of the molecule is O=C(NCCCNC[C@H](O)c1ccc(O)c2[nH]c(=O)ccc12)c1ccc(COc2cccc([C@@H](c3ccccc3)N(C(=O)O)C3CN4CCC3CC4)c2)cc1. The third-order valence-corrected chi connectivity index (χ3v) is 10.8. The van der Waals surface area contributed by atoms with Crippen molar-refractivity contribution in [2.24, 2.45) is 5.92 Å². The Balaban J connectivity index is 0.904. The highest BCUT2D eigenvalue weighted by Crippen LogP contribution is 2.39. The topological polar surface area (TPSA) is 167 Å². The molecule has 0 aliphatic carbocycles. The lowest BCUT2D eigenvalue weighted by atomic mass is 9.81. The van der Waals surface area contributed by atoms with Gasteiger partial charge in [0.2, 0.25) is 5.56 Å². The molecule has 1 aromatic heterocycles. The van der Waals surface area contributed by atoms with Crippen molar-refractivity contribution in [2.45, 2.75) is 44.1 Å². The minimum Gasteiger partial charge on any atom is -0.506 e. The molecular formula is C43H47N5O7. The lowest BCUT2D eigenvalue weighted by molar-refractivity contribution is -0.000814. The number of benzene rings is 4. The molecule has 1 unspecified atom stereocenters. The molecule has 12 heteroatoms. The van der Waals surface area contributed by atoms with Crippen LogP contribution in [0.4, 0.5) is 4.79 Å². The number of nitrogens with zero attached hydrogens (tertiary/aromatic N) is 2. The van der Waals surface area contributed by atoms with Crippen LogP contribution in [-0.4, -0.2) is 87.4 Å². The number of rotatable bonds is 15. The van der Waals surface area contributed by atoms with Gasteiger partial charge in [0.1, 0.15) is 18.1 Å². The lowest BCUT2D eigenvalue weighted by Gasteiger charge is -2.50. The molecule has 6 N–H and O–H groups in total. The van der Waals surface area contributed by atoms with Crippen LogP contribution in [0.3, 0.4) is 0 Å². The summed E-state index contributed by atoms with van der Waals surface area (Å²) in [5.41, 5.74) is 3.72. The Labute approximate surface area is 319 Å². The Bertz CT molecular complexity index is 2150. The van der Waals surface area contributed by atoms with Crippen molar-refractivity contribution >= 4 is 22.9 Å². The number of H-pyrrole nitrogens is 1. The van der Waals surface area contributed by atoms with Crippen LogP contribution in [0.2, 0.25) is 0 Å². The monoisotopic (exact) mass is 745 g/mol. The van der Waals surface area contributed by atoms with E-state index in [4.69, 9.17) is 4.74 Å². The van der Waals surface area contributed by atoms with Gasteiger partial charge in [0.15, 0.2) is 0 Å². The summed E-state index contributed by atoms with van der Waals surface area (Å²) in [5.74, 6) is 0.724. The molecule has 4 heterocycles. The number of hydrogen-bond donors (Lipinski definition) is 6. The van der Waals surface area contributed by atoms with Gasteiger partial charge in [0.25, 0.3) is 5.91 Å². The van der Waals surface area contributed by atoms with E-state index in [2.05, 4.69) is 20.5 Å². The first-order chi connectivity index (χ1) is 26.7. The number of ether oxygens (including phenoxy) is 1. The van der Waals surface area contributed by atoms with E-state index >= 15 is 0 Å². The molecule has 5 aromatic rings. The van der Waals surface area contributed by atoms with E-state index in [1.54, 1.807) is 29.2 Å². The number of carbonyl (C=O) groups is 2. The molecule has 286 valence electrons. The second kappa shape index (κ2) is 17.2. The molecule has 2 amide bonds. The van der Waals surface area contributed by atoms with Gasteiger partial charge in [-0.1, -0.05) is 60.7 Å². The van der Waals surface area contributed by atoms with Crippen molar-refractivity contribution in [1.29, 1.82) is 0 Å². The van der Waals surface area contributed by atoms with Gasteiger partial charge in [-0.3, -0.25) is 14.5 Å². The Morgan fingerprint density at radius 3 is 2.40 bits per heavy atom. The standard InChI is InChI=1S/C43H47N5O7/c49-37-16-14-34(35-15-17-39(51)46-40(35)37)38(50)25-44-20-5-21-45-42(52)31-12-10-28(11-13-31)27-55-33-9-4-8-32(24-33)41(30-6-2-1-3-7-30)48(43(53)54)36-26-47-22-18-29(36)19-23-47/h1-4,6-17,24,29,36,38,41,44,49-50H,5,18-23,25-27H2,(H,45,52)(H,46,51)(H,53,54)/t36?,38-,41+/m0/s1. The highest BCUT2D eigenvalue weighted by Gasteiger charge is 2.43. The number of amides is 2. The number of piperidine rings is 3. The van der Waals surface area contributed by atoms with Crippen LogP contribution in [0.15, 0.2) is 108 Å². The van der Waals surface area contributed by atoms with Gasteiger partial charge in [0, 0.05) is 36.7 Å². The van der Waals surface area contributed by atoms with Gasteiger partial charge in [-0.25, -0.2) is 4.79 Å². The number of aromatic hydroxyl groups is 1. The van der Waals surface area contributed by atoms with Crippen molar-refractivity contribution in [3.05, 3.63) is 141 Å². The summed E-state index contributed by atoms with van der Waals surface area (Å²) in [4.78, 5) is 44.1. The second-order valence-electron chi connectivity index (χ2n) is 14.4. The third kappa shape index (κ3) is 8.83. The quantitative estimate of drug-likeness (QED) is 0.0768. The van der Waals surface area contributed by atoms with E-state index in [-0.39, 0.29) is 41.9 Å². The van der Waals surface area contributed by atoms with Crippen LogP contribution in [0.5, 0.6) is 11.5 Å². The van der Waals surface area contributed by atoms with E-state index in [0.717, 1.165) is 49.2 Å². The summed E-state index contributed by atoms with van der Waals surface area (Å²) in [6.07, 6.45) is 0.886. The van der Waals surface area contributed by atoms with Crippen LogP contribution in [0, 0.1) is 5.92 Å². The summed E-state index contributed by atoms with van der Waals surface area (Å²) in [6.45, 7) is 4.34. The zero-order valence-electron chi connectivity index (χ0n) is 30.6. The molecule has 3 atom stereocenters. The molecule has 0 saturated carbocycles. The number of fused-ring (bicyclic) bond motifs is 4.